The largest absolute Gasteiger partial charge is 0.353 e. The first-order valence-corrected chi connectivity index (χ1v) is 8.04. The molecule has 0 aliphatic carbocycles. The topological polar surface area (TPSA) is 76.0 Å². The summed E-state index contributed by atoms with van der Waals surface area (Å²) in [5.74, 6) is 1.51. The van der Waals surface area contributed by atoms with Crippen LogP contribution in [0.3, 0.4) is 0 Å². The number of hydrogen-bond donors (Lipinski definition) is 3. The van der Waals surface area contributed by atoms with E-state index in [1.54, 1.807) is 18.3 Å². The predicted octanol–water partition coefficient (Wildman–Crippen LogP) is 2.03. The van der Waals surface area contributed by atoms with Crippen molar-refractivity contribution in [2.24, 2.45) is 4.99 Å². The number of aromatic nitrogens is 1. The quantitative estimate of drug-likeness (QED) is 0.448. The summed E-state index contributed by atoms with van der Waals surface area (Å²) in [4.78, 5) is 13.2. The molecule has 2 heterocycles. The van der Waals surface area contributed by atoms with Gasteiger partial charge in [0.05, 0.1) is 5.69 Å². The van der Waals surface area contributed by atoms with E-state index in [0.717, 1.165) is 32.0 Å². The Bertz CT molecular complexity index is 688. The predicted molar refractivity (Wildman–Crippen MR) is 94.6 cm³/mol. The van der Waals surface area contributed by atoms with E-state index >= 15 is 0 Å². The Morgan fingerprint density at radius 1 is 1.12 bits per heavy atom. The fourth-order valence-electron chi connectivity index (χ4n) is 2.58. The van der Waals surface area contributed by atoms with Gasteiger partial charge in [-0.1, -0.05) is 23.7 Å². The Labute approximate surface area is 145 Å². The molecule has 1 aliphatic rings. The number of guanidine groups is 1. The zero-order chi connectivity index (χ0) is 16.8. The molecule has 3 N–H and O–H groups in total. The Morgan fingerprint density at radius 2 is 1.96 bits per heavy atom. The van der Waals surface area contributed by atoms with Gasteiger partial charge < -0.3 is 9.80 Å². The van der Waals surface area contributed by atoms with Crippen LogP contribution in [0.2, 0.25) is 5.02 Å². The lowest BCUT2D eigenvalue weighted by Gasteiger charge is -2.36. The minimum atomic E-state index is 0.542. The number of pyridine rings is 1. The van der Waals surface area contributed by atoms with Crippen molar-refractivity contribution in [3.63, 3.8) is 0 Å². The molecule has 0 radical (unpaired) electrons. The van der Waals surface area contributed by atoms with Gasteiger partial charge in [0.25, 0.3) is 0 Å². The highest BCUT2D eigenvalue weighted by Crippen LogP contribution is 2.19. The van der Waals surface area contributed by atoms with Gasteiger partial charge in [0.2, 0.25) is 5.96 Å². The van der Waals surface area contributed by atoms with Crippen LogP contribution in [0.25, 0.3) is 0 Å². The second-order valence-electron chi connectivity index (χ2n) is 5.31. The first-order valence-electron chi connectivity index (χ1n) is 7.66. The fraction of sp³-hybridized carbons (Fsp3) is 0.250. The first kappa shape index (κ1) is 16.5. The molecule has 0 atom stereocenters. The lowest BCUT2D eigenvalue weighted by Crippen LogP contribution is -2.54. The van der Waals surface area contributed by atoms with E-state index in [9.17, 15) is 0 Å². The van der Waals surface area contributed by atoms with Gasteiger partial charge in [-0.3, -0.25) is 10.6 Å². The van der Waals surface area contributed by atoms with Crippen molar-refractivity contribution in [3.05, 3.63) is 53.7 Å². The zero-order valence-corrected chi connectivity index (χ0v) is 13.8. The molecular formula is C16H19ClN6O. The molecule has 3 rings (SSSR count). The van der Waals surface area contributed by atoms with Gasteiger partial charge in [0.1, 0.15) is 5.82 Å². The Morgan fingerprint density at radius 3 is 2.62 bits per heavy atom. The van der Waals surface area contributed by atoms with E-state index in [1.165, 1.54) is 0 Å². The van der Waals surface area contributed by atoms with Gasteiger partial charge in [-0.2, -0.15) is 0 Å². The molecular weight excluding hydrogens is 328 g/mol. The summed E-state index contributed by atoms with van der Waals surface area (Å²) >= 11 is 6.00. The van der Waals surface area contributed by atoms with Crippen LogP contribution >= 0.6 is 11.6 Å². The van der Waals surface area contributed by atoms with Crippen LogP contribution in [-0.2, 0) is 0 Å². The highest BCUT2D eigenvalue weighted by Gasteiger charge is 2.20. The summed E-state index contributed by atoms with van der Waals surface area (Å²) in [6, 6.07) is 13.2. The summed E-state index contributed by atoms with van der Waals surface area (Å²) in [6.07, 6.45) is 1.80. The zero-order valence-electron chi connectivity index (χ0n) is 13.1. The van der Waals surface area contributed by atoms with E-state index in [2.05, 4.69) is 25.2 Å². The molecule has 0 spiro atoms. The first-order chi connectivity index (χ1) is 11.8. The highest BCUT2D eigenvalue weighted by molar-refractivity contribution is 6.30. The van der Waals surface area contributed by atoms with Crippen molar-refractivity contribution in [2.45, 2.75) is 0 Å². The average molecular weight is 347 g/mol. The summed E-state index contributed by atoms with van der Waals surface area (Å²) in [6.45, 7) is 3.15. The number of benzene rings is 1. The average Bonchev–Trinajstić information content (AvgIpc) is 2.62. The van der Waals surface area contributed by atoms with Crippen molar-refractivity contribution < 1.29 is 5.21 Å². The number of nitrogens with one attached hydrogen (secondary N) is 2. The smallest absolute Gasteiger partial charge is 0.215 e. The number of anilines is 1. The van der Waals surface area contributed by atoms with Crippen molar-refractivity contribution in [1.82, 2.24) is 20.9 Å². The van der Waals surface area contributed by atoms with Crippen LogP contribution in [0.15, 0.2) is 53.7 Å². The third-order valence-corrected chi connectivity index (χ3v) is 4.00. The maximum absolute atomic E-state index is 9.01. The van der Waals surface area contributed by atoms with Gasteiger partial charge in [0.15, 0.2) is 0 Å². The molecule has 1 aromatic heterocycles. The Hall–Kier alpha value is -2.35. The number of rotatable bonds is 3. The monoisotopic (exact) mass is 346 g/mol. The summed E-state index contributed by atoms with van der Waals surface area (Å²) < 4.78 is 0. The molecule has 0 saturated carbocycles. The van der Waals surface area contributed by atoms with Gasteiger partial charge in [-0.05, 0) is 30.3 Å². The van der Waals surface area contributed by atoms with Crippen LogP contribution in [-0.4, -0.2) is 47.2 Å². The van der Waals surface area contributed by atoms with E-state index in [-0.39, 0.29) is 0 Å². The van der Waals surface area contributed by atoms with E-state index < -0.39 is 0 Å². The Balaban J connectivity index is 1.70. The SMILES string of the molecule is ONNC(=Nc1cccc(Cl)c1)N1CCN(c2ccccn2)CC1. The summed E-state index contributed by atoms with van der Waals surface area (Å²) in [5, 5.41) is 9.63. The minimum absolute atomic E-state index is 0.542. The number of aliphatic imine (C=N–C) groups is 1. The van der Waals surface area contributed by atoms with Crippen LogP contribution < -0.4 is 15.9 Å². The minimum Gasteiger partial charge on any atom is -0.353 e. The molecule has 0 amide bonds. The van der Waals surface area contributed by atoms with E-state index in [0.29, 0.717) is 16.7 Å². The summed E-state index contributed by atoms with van der Waals surface area (Å²) in [5.41, 5.74) is 5.36. The highest BCUT2D eigenvalue weighted by atomic mass is 35.5. The molecule has 7 nitrogen and oxygen atoms in total. The molecule has 24 heavy (non-hydrogen) atoms. The second kappa shape index (κ2) is 7.96. The maximum Gasteiger partial charge on any atom is 0.215 e. The van der Waals surface area contributed by atoms with Gasteiger partial charge in [-0.15, -0.1) is 5.59 Å². The standard InChI is InChI=1S/C16H19ClN6O/c17-13-4-3-5-14(12-13)19-16(20-21-24)23-10-8-22(9-11-23)15-6-1-2-7-18-15/h1-7,12,21,24H,8-11H2,(H,19,20). The Kier molecular flexibility index (Phi) is 5.47. The van der Waals surface area contributed by atoms with E-state index in [4.69, 9.17) is 16.8 Å². The van der Waals surface area contributed by atoms with Gasteiger partial charge >= 0.3 is 0 Å². The van der Waals surface area contributed by atoms with Crippen molar-refractivity contribution in [2.75, 3.05) is 31.1 Å². The number of nitrogens with zero attached hydrogens (tertiary/aromatic N) is 4. The summed E-state index contributed by atoms with van der Waals surface area (Å²) in [7, 11) is 0. The normalized spacial score (nSPS) is 15.5. The molecule has 1 saturated heterocycles. The number of halogens is 1. The number of piperazine rings is 1. The van der Waals surface area contributed by atoms with Crippen molar-refractivity contribution in [3.8, 4) is 0 Å². The van der Waals surface area contributed by atoms with Gasteiger partial charge in [-0.25, -0.2) is 9.98 Å². The molecule has 8 heteroatoms. The second-order valence-corrected chi connectivity index (χ2v) is 5.75. The fourth-order valence-corrected chi connectivity index (χ4v) is 2.77. The number of hydrogen-bond acceptors (Lipinski definition) is 5. The van der Waals surface area contributed by atoms with E-state index in [1.807, 2.05) is 35.9 Å². The number of hydrazine groups is 1. The van der Waals surface area contributed by atoms with Crippen LogP contribution in [0, 0.1) is 0 Å². The van der Waals surface area contributed by atoms with Crippen LogP contribution in [0.4, 0.5) is 11.5 Å². The lowest BCUT2D eigenvalue weighted by atomic mass is 10.3. The molecule has 126 valence electrons. The molecule has 1 aromatic carbocycles. The van der Waals surface area contributed by atoms with Crippen molar-refractivity contribution >= 4 is 29.1 Å². The van der Waals surface area contributed by atoms with Crippen LogP contribution in [0.5, 0.6) is 0 Å². The molecule has 1 fully saturated rings. The molecule has 0 bridgehead atoms. The lowest BCUT2D eigenvalue weighted by molar-refractivity contribution is 0.138. The molecule has 2 aromatic rings. The molecule has 0 unspecified atom stereocenters. The third-order valence-electron chi connectivity index (χ3n) is 3.76. The maximum atomic E-state index is 9.01. The van der Waals surface area contributed by atoms with Crippen molar-refractivity contribution in [1.29, 1.82) is 0 Å². The van der Waals surface area contributed by atoms with Crippen LogP contribution in [0.1, 0.15) is 0 Å². The van der Waals surface area contributed by atoms with Gasteiger partial charge in [0, 0.05) is 37.4 Å². The molecule has 1 aliphatic heterocycles. The third kappa shape index (κ3) is 4.14.